The zero-order valence-electron chi connectivity index (χ0n) is 25.1. The maximum absolute atomic E-state index is 11.2. The second-order valence-corrected chi connectivity index (χ2v) is 11.2. The second kappa shape index (κ2) is 16.6. The van der Waals surface area contributed by atoms with Crippen LogP contribution in [0.4, 0.5) is 0 Å². The summed E-state index contributed by atoms with van der Waals surface area (Å²) in [5, 5.41) is 21.8. The number of hydrogen-bond donors (Lipinski definition) is 2. The van der Waals surface area contributed by atoms with Gasteiger partial charge in [-0.2, -0.15) is 0 Å². The Bertz CT molecular complexity index is 1340. The molecule has 0 aliphatic carbocycles. The normalized spacial score (nSPS) is 23.2. The smallest absolute Gasteiger partial charge is 0.116 e. The average molecular weight is 599 g/mol. The second-order valence-electron chi connectivity index (χ2n) is 11.2. The Kier molecular flexibility index (Phi) is 12.1. The lowest BCUT2D eigenvalue weighted by molar-refractivity contribution is -0.291. The monoisotopic (exact) mass is 598 g/mol. The van der Waals surface area contributed by atoms with E-state index in [0.717, 1.165) is 22.3 Å². The van der Waals surface area contributed by atoms with Crippen LogP contribution in [0.25, 0.3) is 0 Å². The van der Waals surface area contributed by atoms with Crippen molar-refractivity contribution in [3.05, 3.63) is 144 Å². The van der Waals surface area contributed by atoms with Crippen molar-refractivity contribution in [3.8, 4) is 0 Å². The van der Waals surface area contributed by atoms with Gasteiger partial charge in [-0.25, -0.2) is 0 Å². The van der Waals surface area contributed by atoms with Gasteiger partial charge in [-0.05, 0) is 29.2 Å². The first kappa shape index (κ1) is 32.0. The zero-order chi connectivity index (χ0) is 30.6. The van der Waals surface area contributed by atoms with Crippen LogP contribution in [0.3, 0.4) is 0 Å². The summed E-state index contributed by atoms with van der Waals surface area (Å²) in [5.41, 5.74) is 4.00. The summed E-state index contributed by atoms with van der Waals surface area (Å²) >= 11 is 0. The lowest BCUT2D eigenvalue weighted by atomic mass is 9.90. The molecule has 1 aliphatic rings. The third kappa shape index (κ3) is 9.06. The van der Waals surface area contributed by atoms with E-state index in [1.807, 2.05) is 121 Å². The summed E-state index contributed by atoms with van der Waals surface area (Å²) in [6.45, 7) is 3.01. The predicted octanol–water partition coefficient (Wildman–Crippen LogP) is 5.47. The number of aliphatic hydroxyl groups excluding tert-OH is 2. The SMILES string of the molecule is CC(O)C(O)[C@H]1O[C@H](COCc2ccccc2)[C@@H](OCc2ccccc2)[C@H](OCc2ccccc2)[C@@H]1OCc1ccccc1. The molecule has 0 saturated carbocycles. The topological polar surface area (TPSA) is 86.6 Å². The van der Waals surface area contributed by atoms with Crippen LogP contribution in [0.15, 0.2) is 121 Å². The van der Waals surface area contributed by atoms with Crippen LogP contribution in [0, 0.1) is 0 Å². The summed E-state index contributed by atoms with van der Waals surface area (Å²) in [7, 11) is 0. The molecule has 1 saturated heterocycles. The van der Waals surface area contributed by atoms with Crippen LogP contribution < -0.4 is 0 Å². The first-order valence-corrected chi connectivity index (χ1v) is 15.2. The highest BCUT2D eigenvalue weighted by Crippen LogP contribution is 2.33. The van der Waals surface area contributed by atoms with Crippen molar-refractivity contribution in [1.82, 2.24) is 0 Å². The fourth-order valence-electron chi connectivity index (χ4n) is 5.37. The Balaban J connectivity index is 1.45. The van der Waals surface area contributed by atoms with Gasteiger partial charge in [-0.1, -0.05) is 121 Å². The summed E-state index contributed by atoms with van der Waals surface area (Å²) in [5.74, 6) is 0. The van der Waals surface area contributed by atoms with E-state index in [2.05, 4.69) is 0 Å². The summed E-state index contributed by atoms with van der Waals surface area (Å²) in [6.07, 6.45) is -5.82. The molecule has 5 rings (SSSR count). The van der Waals surface area contributed by atoms with E-state index in [1.54, 1.807) is 6.92 Å². The van der Waals surface area contributed by atoms with E-state index in [-0.39, 0.29) is 13.2 Å². The van der Waals surface area contributed by atoms with Crippen LogP contribution in [-0.2, 0) is 50.1 Å². The van der Waals surface area contributed by atoms with Gasteiger partial charge in [-0.3, -0.25) is 0 Å². The third-order valence-electron chi connectivity index (χ3n) is 7.75. The highest BCUT2D eigenvalue weighted by molar-refractivity contribution is 5.16. The molecule has 7 heteroatoms. The number of ether oxygens (including phenoxy) is 5. The summed E-state index contributed by atoms with van der Waals surface area (Å²) < 4.78 is 32.5. The van der Waals surface area contributed by atoms with E-state index in [9.17, 15) is 10.2 Å². The summed E-state index contributed by atoms with van der Waals surface area (Å²) in [6, 6.07) is 39.6. The van der Waals surface area contributed by atoms with Gasteiger partial charge in [-0.15, -0.1) is 0 Å². The zero-order valence-corrected chi connectivity index (χ0v) is 25.1. The molecule has 7 nitrogen and oxygen atoms in total. The average Bonchev–Trinajstić information content (AvgIpc) is 3.07. The molecule has 1 aliphatic heterocycles. The maximum atomic E-state index is 11.2. The number of rotatable bonds is 15. The van der Waals surface area contributed by atoms with Crippen LogP contribution >= 0.6 is 0 Å². The van der Waals surface area contributed by atoms with Gasteiger partial charge < -0.3 is 33.9 Å². The van der Waals surface area contributed by atoms with Crippen LogP contribution in [0.5, 0.6) is 0 Å². The van der Waals surface area contributed by atoms with Crippen LogP contribution in [-0.4, -0.2) is 59.5 Å². The molecule has 232 valence electrons. The van der Waals surface area contributed by atoms with Gasteiger partial charge >= 0.3 is 0 Å². The molecule has 0 bridgehead atoms. The molecule has 2 N–H and O–H groups in total. The first-order valence-electron chi connectivity index (χ1n) is 15.2. The molecular weight excluding hydrogens is 556 g/mol. The fraction of sp³-hybridized carbons (Fsp3) is 0.351. The highest BCUT2D eigenvalue weighted by Gasteiger charge is 2.51. The van der Waals surface area contributed by atoms with Gasteiger partial charge in [0.15, 0.2) is 0 Å². The van der Waals surface area contributed by atoms with Crippen LogP contribution in [0.1, 0.15) is 29.2 Å². The number of hydrogen-bond acceptors (Lipinski definition) is 7. The van der Waals surface area contributed by atoms with E-state index in [4.69, 9.17) is 23.7 Å². The van der Waals surface area contributed by atoms with E-state index >= 15 is 0 Å². The van der Waals surface area contributed by atoms with Crippen molar-refractivity contribution in [2.24, 2.45) is 0 Å². The van der Waals surface area contributed by atoms with Crippen molar-refractivity contribution in [2.45, 2.75) is 76.1 Å². The Morgan fingerprint density at radius 1 is 0.545 bits per heavy atom. The quantitative estimate of drug-likeness (QED) is 0.188. The Labute approximate surface area is 259 Å². The van der Waals surface area contributed by atoms with Gasteiger partial charge in [0.1, 0.15) is 36.6 Å². The lowest BCUT2D eigenvalue weighted by Gasteiger charge is -2.48. The van der Waals surface area contributed by atoms with Crippen molar-refractivity contribution in [3.63, 3.8) is 0 Å². The molecule has 0 radical (unpaired) electrons. The highest BCUT2D eigenvalue weighted by atomic mass is 16.6. The van der Waals surface area contributed by atoms with Gasteiger partial charge in [0.25, 0.3) is 0 Å². The summed E-state index contributed by atoms with van der Waals surface area (Å²) in [4.78, 5) is 0. The first-order chi connectivity index (χ1) is 21.6. The van der Waals surface area contributed by atoms with Crippen LogP contribution in [0.2, 0.25) is 0 Å². The lowest BCUT2D eigenvalue weighted by Crippen LogP contribution is -2.64. The van der Waals surface area contributed by atoms with Gasteiger partial charge in [0.05, 0.1) is 39.1 Å². The van der Waals surface area contributed by atoms with Crippen molar-refractivity contribution < 1.29 is 33.9 Å². The largest absolute Gasteiger partial charge is 0.391 e. The minimum Gasteiger partial charge on any atom is -0.391 e. The van der Waals surface area contributed by atoms with E-state index < -0.39 is 42.7 Å². The van der Waals surface area contributed by atoms with Crippen molar-refractivity contribution in [1.29, 1.82) is 0 Å². The Morgan fingerprint density at radius 3 is 1.36 bits per heavy atom. The molecular formula is C37H42O7. The standard InChI is InChI=1S/C37H42O7/c1-27(38)33(39)35-37(43-25-31-20-12-5-13-21-31)36(42-24-30-18-10-4-11-19-30)34(41-23-29-16-8-3-9-17-29)32(44-35)26-40-22-28-14-6-2-7-15-28/h2-21,27,32-39H,22-26H2,1H3/t27?,32-,33?,34-,35-,36+,37-/m1/s1. The molecule has 0 amide bonds. The van der Waals surface area contributed by atoms with E-state index in [1.165, 1.54) is 0 Å². The molecule has 4 aromatic rings. The molecule has 1 fully saturated rings. The van der Waals surface area contributed by atoms with Gasteiger partial charge in [0, 0.05) is 0 Å². The molecule has 44 heavy (non-hydrogen) atoms. The van der Waals surface area contributed by atoms with E-state index in [0.29, 0.717) is 19.8 Å². The minimum atomic E-state index is -1.23. The molecule has 0 spiro atoms. The van der Waals surface area contributed by atoms with Crippen molar-refractivity contribution in [2.75, 3.05) is 6.61 Å². The minimum absolute atomic E-state index is 0.188. The molecule has 1 heterocycles. The molecule has 4 aromatic carbocycles. The molecule has 0 aromatic heterocycles. The predicted molar refractivity (Wildman–Crippen MR) is 168 cm³/mol. The number of aliphatic hydroxyl groups is 2. The number of benzene rings is 4. The molecule has 2 unspecified atom stereocenters. The molecule has 7 atom stereocenters. The maximum Gasteiger partial charge on any atom is 0.116 e. The Hall–Kier alpha value is -3.40. The van der Waals surface area contributed by atoms with Gasteiger partial charge in [0.2, 0.25) is 0 Å². The third-order valence-corrected chi connectivity index (χ3v) is 7.75. The van der Waals surface area contributed by atoms with Crippen molar-refractivity contribution >= 4 is 0 Å². The fourth-order valence-corrected chi connectivity index (χ4v) is 5.37. The Morgan fingerprint density at radius 2 is 0.932 bits per heavy atom.